The third-order valence-corrected chi connectivity index (χ3v) is 2.61. The second-order valence-electron chi connectivity index (χ2n) is 4.07. The van der Waals surface area contributed by atoms with Crippen LogP contribution in [0.3, 0.4) is 0 Å². The maximum Gasteiger partial charge on any atom is 0.322 e. The fraction of sp³-hybridized carbons (Fsp3) is 0.417. The number of benzene rings is 1. The Balaban J connectivity index is 1.97. The fourth-order valence-corrected chi connectivity index (χ4v) is 1.65. The molecule has 0 aromatic heterocycles. The van der Waals surface area contributed by atoms with Crippen LogP contribution < -0.4 is 5.32 Å². The summed E-state index contributed by atoms with van der Waals surface area (Å²) >= 11 is 0. The van der Waals surface area contributed by atoms with Gasteiger partial charge >= 0.3 is 6.03 Å². The summed E-state index contributed by atoms with van der Waals surface area (Å²) < 4.78 is 24.7. The van der Waals surface area contributed by atoms with Gasteiger partial charge in [0.1, 0.15) is 0 Å². The summed E-state index contributed by atoms with van der Waals surface area (Å²) in [5.41, 5.74) is 0.623. The van der Waals surface area contributed by atoms with Crippen molar-refractivity contribution in [2.75, 3.05) is 11.9 Å². The minimum absolute atomic E-state index is 0.0206. The van der Waals surface area contributed by atoms with Crippen LogP contribution in [0, 0.1) is 0 Å². The van der Waals surface area contributed by atoms with E-state index in [0.717, 1.165) is 12.8 Å². The number of alkyl halides is 2. The molecule has 3 nitrogen and oxygen atoms in total. The smallest absolute Gasteiger partial charge is 0.316 e. The predicted molar refractivity (Wildman–Crippen MR) is 61.2 cm³/mol. The molecule has 1 aromatic rings. The van der Waals surface area contributed by atoms with E-state index in [9.17, 15) is 13.6 Å². The highest BCUT2D eigenvalue weighted by Crippen LogP contribution is 2.28. The number of urea groups is 1. The third kappa shape index (κ3) is 3.41. The van der Waals surface area contributed by atoms with Crippen molar-refractivity contribution in [1.82, 2.24) is 4.90 Å². The van der Waals surface area contributed by atoms with Crippen LogP contribution in [0.2, 0.25) is 0 Å². The summed E-state index contributed by atoms with van der Waals surface area (Å²) in [7, 11) is 0. The van der Waals surface area contributed by atoms with E-state index in [1.165, 1.54) is 4.90 Å². The van der Waals surface area contributed by atoms with Gasteiger partial charge in [0.2, 0.25) is 0 Å². The van der Waals surface area contributed by atoms with Crippen LogP contribution in [-0.2, 0) is 0 Å². The Hall–Kier alpha value is -1.65. The summed E-state index contributed by atoms with van der Waals surface area (Å²) in [6.07, 6.45) is -0.860. The molecule has 0 atom stereocenters. The van der Waals surface area contributed by atoms with Crippen LogP contribution in [0.15, 0.2) is 30.3 Å². The highest BCUT2D eigenvalue weighted by molar-refractivity contribution is 5.89. The molecule has 0 radical (unpaired) electrons. The number of hydrogen-bond donors (Lipinski definition) is 1. The second kappa shape index (κ2) is 5.12. The lowest BCUT2D eigenvalue weighted by atomic mass is 10.3. The summed E-state index contributed by atoms with van der Waals surface area (Å²) in [6.45, 7) is -0.497. The average Bonchev–Trinajstić information content (AvgIpc) is 3.10. The topological polar surface area (TPSA) is 32.3 Å². The first-order valence-electron chi connectivity index (χ1n) is 5.57. The van der Waals surface area contributed by atoms with Crippen LogP contribution in [0.4, 0.5) is 19.3 Å². The largest absolute Gasteiger partial charge is 0.322 e. The SMILES string of the molecule is O=C(Nc1ccccc1)N(CC(F)F)C1CC1. The molecular weight excluding hydrogens is 226 g/mol. The van der Waals surface area contributed by atoms with Crippen molar-refractivity contribution in [1.29, 1.82) is 0 Å². The van der Waals surface area contributed by atoms with E-state index >= 15 is 0 Å². The van der Waals surface area contributed by atoms with Crippen LogP contribution in [0.5, 0.6) is 0 Å². The van der Waals surface area contributed by atoms with Crippen LogP contribution in [-0.4, -0.2) is 29.9 Å². The zero-order valence-electron chi connectivity index (χ0n) is 9.27. The number of hydrogen-bond acceptors (Lipinski definition) is 1. The Kier molecular flexibility index (Phi) is 3.56. The van der Waals surface area contributed by atoms with Gasteiger partial charge in [-0.2, -0.15) is 0 Å². The van der Waals surface area contributed by atoms with Gasteiger partial charge in [-0.15, -0.1) is 0 Å². The first-order valence-corrected chi connectivity index (χ1v) is 5.57. The minimum Gasteiger partial charge on any atom is -0.316 e. The van der Waals surface area contributed by atoms with Crippen molar-refractivity contribution >= 4 is 11.7 Å². The molecule has 0 spiro atoms. The minimum atomic E-state index is -2.49. The lowest BCUT2D eigenvalue weighted by Gasteiger charge is -2.22. The lowest BCUT2D eigenvalue weighted by Crippen LogP contribution is -2.39. The lowest BCUT2D eigenvalue weighted by molar-refractivity contribution is 0.0994. The van der Waals surface area contributed by atoms with Crippen molar-refractivity contribution in [3.05, 3.63) is 30.3 Å². The molecule has 17 heavy (non-hydrogen) atoms. The molecule has 0 heterocycles. The van der Waals surface area contributed by atoms with Crippen LogP contribution in [0.25, 0.3) is 0 Å². The van der Waals surface area contributed by atoms with Crippen molar-refractivity contribution in [2.24, 2.45) is 0 Å². The molecule has 1 N–H and O–H groups in total. The van der Waals surface area contributed by atoms with Gasteiger partial charge in [-0.25, -0.2) is 13.6 Å². The third-order valence-electron chi connectivity index (χ3n) is 2.61. The molecule has 5 heteroatoms. The number of rotatable bonds is 4. The van der Waals surface area contributed by atoms with E-state index in [1.54, 1.807) is 24.3 Å². The summed E-state index contributed by atoms with van der Waals surface area (Å²) in [4.78, 5) is 13.0. The predicted octanol–water partition coefficient (Wildman–Crippen LogP) is 2.95. The Bertz CT molecular complexity index is 379. The number of nitrogens with one attached hydrogen (secondary N) is 1. The fourth-order valence-electron chi connectivity index (χ4n) is 1.65. The molecule has 1 aromatic carbocycles. The number of amides is 2. The number of anilines is 1. The molecule has 2 rings (SSSR count). The van der Waals surface area contributed by atoms with Crippen LogP contribution in [0.1, 0.15) is 12.8 Å². The van der Waals surface area contributed by atoms with Gasteiger partial charge < -0.3 is 10.2 Å². The van der Waals surface area contributed by atoms with Gasteiger partial charge in [0.05, 0.1) is 6.54 Å². The van der Waals surface area contributed by atoms with Crippen molar-refractivity contribution < 1.29 is 13.6 Å². The Labute approximate surface area is 98.4 Å². The van der Waals surface area contributed by atoms with E-state index in [0.29, 0.717) is 5.69 Å². The molecule has 0 saturated heterocycles. The molecule has 1 aliphatic rings. The van der Waals surface area contributed by atoms with Gasteiger partial charge in [-0.1, -0.05) is 18.2 Å². The molecule has 0 unspecified atom stereocenters. The number of para-hydroxylation sites is 1. The number of nitrogens with zero attached hydrogens (tertiary/aromatic N) is 1. The molecule has 1 aliphatic carbocycles. The maximum absolute atomic E-state index is 12.4. The zero-order valence-corrected chi connectivity index (χ0v) is 9.27. The molecule has 92 valence electrons. The van der Waals surface area contributed by atoms with E-state index in [2.05, 4.69) is 5.32 Å². The van der Waals surface area contributed by atoms with Gasteiger partial charge in [0.15, 0.2) is 0 Å². The van der Waals surface area contributed by atoms with Crippen LogP contribution >= 0.6 is 0 Å². The molecule has 0 bridgehead atoms. The highest BCUT2D eigenvalue weighted by Gasteiger charge is 2.34. The number of halogens is 2. The van der Waals surface area contributed by atoms with E-state index in [-0.39, 0.29) is 6.04 Å². The zero-order chi connectivity index (χ0) is 12.3. The average molecular weight is 240 g/mol. The van der Waals surface area contributed by atoms with Crippen molar-refractivity contribution in [3.63, 3.8) is 0 Å². The quantitative estimate of drug-likeness (QED) is 0.862. The van der Waals surface area contributed by atoms with Gasteiger partial charge in [-0.3, -0.25) is 0 Å². The molecule has 1 fully saturated rings. The normalized spacial score (nSPS) is 14.8. The van der Waals surface area contributed by atoms with E-state index in [1.807, 2.05) is 6.07 Å². The number of carbonyl (C=O) groups excluding carboxylic acids is 1. The Morgan fingerprint density at radius 1 is 1.35 bits per heavy atom. The Morgan fingerprint density at radius 3 is 2.53 bits per heavy atom. The monoisotopic (exact) mass is 240 g/mol. The number of carbonyl (C=O) groups is 1. The second-order valence-corrected chi connectivity index (χ2v) is 4.07. The summed E-state index contributed by atoms with van der Waals surface area (Å²) in [5.74, 6) is 0. The molecule has 0 aliphatic heterocycles. The van der Waals surface area contributed by atoms with Crippen molar-refractivity contribution in [2.45, 2.75) is 25.3 Å². The van der Waals surface area contributed by atoms with E-state index in [4.69, 9.17) is 0 Å². The maximum atomic E-state index is 12.4. The first kappa shape index (κ1) is 11.8. The standard InChI is InChI=1S/C12H14F2N2O/c13-11(14)8-16(10-6-7-10)12(17)15-9-4-2-1-3-5-9/h1-5,10-11H,6-8H2,(H,15,17). The molecule has 2 amide bonds. The Morgan fingerprint density at radius 2 is 2.00 bits per heavy atom. The molecule has 1 saturated carbocycles. The molecular formula is C12H14F2N2O. The van der Waals surface area contributed by atoms with Crippen molar-refractivity contribution in [3.8, 4) is 0 Å². The van der Waals surface area contributed by atoms with Gasteiger partial charge in [0, 0.05) is 11.7 Å². The summed E-state index contributed by atoms with van der Waals surface area (Å²) in [5, 5.41) is 2.62. The first-order chi connectivity index (χ1) is 8.16. The van der Waals surface area contributed by atoms with Gasteiger partial charge in [0.25, 0.3) is 6.43 Å². The summed E-state index contributed by atoms with van der Waals surface area (Å²) in [6, 6.07) is 8.38. The highest BCUT2D eigenvalue weighted by atomic mass is 19.3. The van der Waals surface area contributed by atoms with E-state index < -0.39 is 19.0 Å². The van der Waals surface area contributed by atoms with Gasteiger partial charge in [-0.05, 0) is 25.0 Å².